The third-order valence-corrected chi connectivity index (χ3v) is 2.87. The van der Waals surface area contributed by atoms with E-state index in [1.807, 2.05) is 6.07 Å². The molecule has 1 aliphatic rings. The van der Waals surface area contributed by atoms with E-state index in [1.165, 1.54) is 0 Å². The van der Waals surface area contributed by atoms with E-state index in [9.17, 15) is 4.79 Å². The van der Waals surface area contributed by atoms with Crippen LogP contribution in [0.5, 0.6) is 11.5 Å². The summed E-state index contributed by atoms with van der Waals surface area (Å²) in [6, 6.07) is 5.14. The van der Waals surface area contributed by atoms with Gasteiger partial charge in [-0.15, -0.1) is 0 Å². The molecule has 18 heavy (non-hydrogen) atoms. The van der Waals surface area contributed by atoms with Gasteiger partial charge < -0.3 is 9.47 Å². The molecule has 0 fully saturated rings. The standard InChI is InChI=1S/C13H12ClNO3/c14-10-7-9(11(16)3-1-4-15)8-12-13(10)18-6-2-5-17-12/h7-8H,1-3,5-6H2. The summed E-state index contributed by atoms with van der Waals surface area (Å²) in [6.07, 6.45) is 1.17. The van der Waals surface area contributed by atoms with E-state index < -0.39 is 0 Å². The molecule has 0 saturated heterocycles. The number of ketones is 1. The zero-order chi connectivity index (χ0) is 13.0. The maximum Gasteiger partial charge on any atom is 0.179 e. The lowest BCUT2D eigenvalue weighted by molar-refractivity contribution is 0.0983. The van der Waals surface area contributed by atoms with Gasteiger partial charge in [-0.05, 0) is 12.1 Å². The molecule has 0 aromatic heterocycles. The predicted molar refractivity (Wildman–Crippen MR) is 66.2 cm³/mol. The number of rotatable bonds is 3. The van der Waals surface area contributed by atoms with E-state index in [2.05, 4.69) is 0 Å². The topological polar surface area (TPSA) is 59.3 Å². The van der Waals surface area contributed by atoms with Crippen LogP contribution in [0.2, 0.25) is 5.02 Å². The molecule has 1 aromatic carbocycles. The summed E-state index contributed by atoms with van der Waals surface area (Å²) in [7, 11) is 0. The van der Waals surface area contributed by atoms with Crippen molar-refractivity contribution >= 4 is 17.4 Å². The van der Waals surface area contributed by atoms with Crippen molar-refractivity contribution in [3.63, 3.8) is 0 Å². The van der Waals surface area contributed by atoms with Crippen LogP contribution in [-0.2, 0) is 0 Å². The average Bonchev–Trinajstić information content (AvgIpc) is 2.61. The van der Waals surface area contributed by atoms with E-state index in [-0.39, 0.29) is 18.6 Å². The Bertz CT molecular complexity index is 508. The molecule has 0 saturated carbocycles. The highest BCUT2D eigenvalue weighted by Gasteiger charge is 2.18. The third-order valence-electron chi connectivity index (χ3n) is 2.59. The Morgan fingerprint density at radius 1 is 1.39 bits per heavy atom. The number of fused-ring (bicyclic) bond motifs is 1. The molecule has 4 nitrogen and oxygen atoms in total. The van der Waals surface area contributed by atoms with E-state index >= 15 is 0 Å². The van der Waals surface area contributed by atoms with Gasteiger partial charge in [0.2, 0.25) is 0 Å². The Hall–Kier alpha value is -1.73. The number of carbonyl (C=O) groups excluding carboxylic acids is 1. The minimum Gasteiger partial charge on any atom is -0.489 e. The highest BCUT2D eigenvalue weighted by Crippen LogP contribution is 2.38. The maximum atomic E-state index is 11.8. The van der Waals surface area contributed by atoms with E-state index in [0.717, 1.165) is 6.42 Å². The van der Waals surface area contributed by atoms with Crippen LogP contribution in [0.4, 0.5) is 0 Å². The van der Waals surface area contributed by atoms with Crippen molar-refractivity contribution in [2.75, 3.05) is 13.2 Å². The summed E-state index contributed by atoms with van der Waals surface area (Å²) in [5, 5.41) is 8.84. The molecular weight excluding hydrogens is 254 g/mol. The average molecular weight is 266 g/mol. The van der Waals surface area contributed by atoms with E-state index in [1.54, 1.807) is 12.1 Å². The molecule has 1 heterocycles. The summed E-state index contributed by atoms with van der Waals surface area (Å²) in [6.45, 7) is 1.09. The highest BCUT2D eigenvalue weighted by atomic mass is 35.5. The summed E-state index contributed by atoms with van der Waals surface area (Å²) >= 11 is 6.08. The van der Waals surface area contributed by atoms with Gasteiger partial charge in [-0.2, -0.15) is 5.26 Å². The fourth-order valence-corrected chi connectivity index (χ4v) is 1.97. The lowest BCUT2D eigenvalue weighted by Crippen LogP contribution is -2.01. The molecule has 94 valence electrons. The molecule has 0 bridgehead atoms. The van der Waals surface area contributed by atoms with Crippen molar-refractivity contribution < 1.29 is 14.3 Å². The third kappa shape index (κ3) is 2.74. The van der Waals surface area contributed by atoms with E-state index in [0.29, 0.717) is 35.3 Å². The van der Waals surface area contributed by atoms with Crippen molar-refractivity contribution in [3.8, 4) is 17.6 Å². The molecule has 0 N–H and O–H groups in total. The molecule has 0 aliphatic carbocycles. The number of hydrogen-bond donors (Lipinski definition) is 0. The second-order valence-corrected chi connectivity index (χ2v) is 4.32. The number of nitriles is 1. The smallest absolute Gasteiger partial charge is 0.179 e. The number of nitrogens with zero attached hydrogens (tertiary/aromatic N) is 1. The van der Waals surface area contributed by atoms with Crippen molar-refractivity contribution in [1.29, 1.82) is 5.26 Å². The zero-order valence-corrected chi connectivity index (χ0v) is 10.5. The number of hydrogen-bond acceptors (Lipinski definition) is 4. The molecule has 1 aliphatic heterocycles. The molecule has 0 unspecified atom stereocenters. The largest absolute Gasteiger partial charge is 0.489 e. The Labute approximate surface area is 110 Å². The van der Waals surface area contributed by atoms with Crippen molar-refractivity contribution in [2.45, 2.75) is 19.3 Å². The van der Waals surface area contributed by atoms with Crippen LogP contribution in [0.3, 0.4) is 0 Å². The van der Waals surface area contributed by atoms with Gasteiger partial charge in [-0.1, -0.05) is 11.6 Å². The molecule has 0 amide bonds. The lowest BCUT2D eigenvalue weighted by atomic mass is 10.1. The van der Waals surface area contributed by atoms with Gasteiger partial charge in [-0.3, -0.25) is 4.79 Å². The van der Waals surface area contributed by atoms with Crippen LogP contribution < -0.4 is 9.47 Å². The fraction of sp³-hybridized carbons (Fsp3) is 0.385. The van der Waals surface area contributed by atoms with Crippen LogP contribution in [0.15, 0.2) is 12.1 Å². The Balaban J connectivity index is 2.29. The van der Waals surface area contributed by atoms with Gasteiger partial charge in [0.1, 0.15) is 0 Å². The first kappa shape index (κ1) is 12.7. The number of halogens is 1. The van der Waals surface area contributed by atoms with Gasteiger partial charge >= 0.3 is 0 Å². The van der Waals surface area contributed by atoms with Gasteiger partial charge in [-0.25, -0.2) is 0 Å². The molecule has 5 heteroatoms. The minimum atomic E-state index is -0.117. The van der Waals surface area contributed by atoms with Crippen LogP contribution >= 0.6 is 11.6 Å². The second kappa shape index (κ2) is 5.74. The maximum absolute atomic E-state index is 11.8. The monoisotopic (exact) mass is 265 g/mol. The quantitative estimate of drug-likeness (QED) is 0.789. The molecule has 2 rings (SSSR count). The summed E-state index contributed by atoms with van der Waals surface area (Å²) in [4.78, 5) is 11.8. The van der Waals surface area contributed by atoms with E-state index in [4.69, 9.17) is 26.3 Å². The first-order valence-corrected chi connectivity index (χ1v) is 6.09. The Kier molecular flexibility index (Phi) is 4.06. The number of carbonyl (C=O) groups is 1. The van der Waals surface area contributed by atoms with Gasteiger partial charge in [0.15, 0.2) is 17.3 Å². The highest BCUT2D eigenvalue weighted by molar-refractivity contribution is 6.32. The normalized spacial score (nSPS) is 13.6. The summed E-state index contributed by atoms with van der Waals surface area (Å²) in [5.41, 5.74) is 0.458. The Morgan fingerprint density at radius 2 is 2.17 bits per heavy atom. The minimum absolute atomic E-state index is 0.117. The number of ether oxygens (including phenoxy) is 2. The van der Waals surface area contributed by atoms with Gasteiger partial charge in [0, 0.05) is 24.8 Å². The summed E-state index contributed by atoms with van der Waals surface area (Å²) in [5.74, 6) is 0.875. The van der Waals surface area contributed by atoms with Gasteiger partial charge in [0.25, 0.3) is 0 Å². The molecule has 0 spiro atoms. The van der Waals surface area contributed by atoms with Crippen LogP contribution in [0, 0.1) is 11.3 Å². The predicted octanol–water partition coefficient (Wildman–Crippen LogP) is 2.99. The summed E-state index contributed by atoms with van der Waals surface area (Å²) < 4.78 is 11.0. The molecule has 0 radical (unpaired) electrons. The van der Waals surface area contributed by atoms with Crippen molar-refractivity contribution in [2.24, 2.45) is 0 Å². The first-order chi connectivity index (χ1) is 8.72. The number of Topliss-reactive ketones (excluding diaryl/α,β-unsaturated/α-hetero) is 1. The van der Waals surface area contributed by atoms with Crippen LogP contribution in [0.25, 0.3) is 0 Å². The first-order valence-electron chi connectivity index (χ1n) is 5.71. The number of benzene rings is 1. The van der Waals surface area contributed by atoms with Gasteiger partial charge in [0.05, 0.1) is 24.3 Å². The SMILES string of the molecule is N#CCCC(=O)c1cc(Cl)c2c(c1)OCCCO2. The fourth-order valence-electron chi connectivity index (χ4n) is 1.71. The second-order valence-electron chi connectivity index (χ2n) is 3.92. The lowest BCUT2D eigenvalue weighted by Gasteiger charge is -2.10. The van der Waals surface area contributed by atoms with Crippen molar-refractivity contribution in [3.05, 3.63) is 22.7 Å². The van der Waals surface area contributed by atoms with Crippen LogP contribution in [-0.4, -0.2) is 19.0 Å². The van der Waals surface area contributed by atoms with Crippen molar-refractivity contribution in [1.82, 2.24) is 0 Å². The Morgan fingerprint density at radius 3 is 2.94 bits per heavy atom. The molecular formula is C13H12ClNO3. The molecule has 1 aromatic rings. The molecule has 0 atom stereocenters. The zero-order valence-electron chi connectivity index (χ0n) is 9.74. The van der Waals surface area contributed by atoms with Crippen LogP contribution in [0.1, 0.15) is 29.6 Å².